The van der Waals surface area contributed by atoms with Crippen LogP contribution in [0.1, 0.15) is 16.1 Å². The van der Waals surface area contributed by atoms with E-state index >= 15 is 0 Å². The number of sulfonamides is 1. The Morgan fingerprint density at radius 2 is 2.10 bits per heavy atom. The summed E-state index contributed by atoms with van der Waals surface area (Å²) < 4.78 is 26.5. The summed E-state index contributed by atoms with van der Waals surface area (Å²) in [6, 6.07) is 7.31. The van der Waals surface area contributed by atoms with E-state index in [-0.39, 0.29) is 5.75 Å². The van der Waals surface area contributed by atoms with E-state index in [1.165, 1.54) is 11.3 Å². The second-order valence-electron chi connectivity index (χ2n) is 4.35. The molecule has 2 rings (SSSR count). The lowest BCUT2D eigenvalue weighted by Gasteiger charge is -2.07. The molecule has 0 aliphatic heterocycles. The standard InChI is InChI=1S/C13H17N3O2S2/c14-9-11-2-1-3-12(8-11)10-20(17,18)16-5-4-13-15-6-7-19-13/h1-3,6-8,16H,4-5,9-10,14H2. The zero-order valence-electron chi connectivity index (χ0n) is 11.0. The van der Waals surface area contributed by atoms with Crippen LogP contribution in [0.5, 0.6) is 0 Å². The van der Waals surface area contributed by atoms with Gasteiger partial charge in [0.25, 0.3) is 0 Å². The summed E-state index contributed by atoms with van der Waals surface area (Å²) in [6.07, 6.45) is 2.33. The van der Waals surface area contributed by atoms with Gasteiger partial charge in [0, 0.05) is 31.1 Å². The van der Waals surface area contributed by atoms with E-state index in [9.17, 15) is 8.42 Å². The lowest BCUT2D eigenvalue weighted by atomic mass is 10.1. The molecule has 0 aliphatic rings. The van der Waals surface area contributed by atoms with Crippen LogP contribution >= 0.6 is 11.3 Å². The molecule has 5 nitrogen and oxygen atoms in total. The number of thiazole rings is 1. The smallest absolute Gasteiger partial charge is 0.215 e. The molecular weight excluding hydrogens is 294 g/mol. The summed E-state index contributed by atoms with van der Waals surface area (Å²) in [5.74, 6) is -0.0291. The molecular formula is C13H17N3O2S2. The van der Waals surface area contributed by atoms with Crippen LogP contribution < -0.4 is 10.5 Å². The van der Waals surface area contributed by atoms with Gasteiger partial charge < -0.3 is 5.73 Å². The molecule has 3 N–H and O–H groups in total. The Hall–Kier alpha value is -1.28. The van der Waals surface area contributed by atoms with Gasteiger partial charge in [0.15, 0.2) is 0 Å². The van der Waals surface area contributed by atoms with Gasteiger partial charge >= 0.3 is 0 Å². The minimum atomic E-state index is -3.33. The number of rotatable bonds is 7. The zero-order valence-corrected chi connectivity index (χ0v) is 12.6. The summed E-state index contributed by atoms with van der Waals surface area (Å²) in [6.45, 7) is 0.776. The van der Waals surface area contributed by atoms with E-state index in [2.05, 4.69) is 9.71 Å². The Morgan fingerprint density at radius 3 is 2.80 bits per heavy atom. The molecule has 0 aliphatic carbocycles. The first-order valence-corrected chi connectivity index (χ1v) is 8.76. The molecule has 0 amide bonds. The van der Waals surface area contributed by atoms with Gasteiger partial charge in [0.1, 0.15) is 0 Å². The summed E-state index contributed by atoms with van der Waals surface area (Å²) in [7, 11) is -3.33. The van der Waals surface area contributed by atoms with Crippen LogP contribution in [0, 0.1) is 0 Å². The zero-order chi connectivity index (χ0) is 14.4. The van der Waals surface area contributed by atoms with Gasteiger partial charge in [-0.25, -0.2) is 18.1 Å². The number of benzene rings is 1. The van der Waals surface area contributed by atoms with Crippen LogP contribution in [0.25, 0.3) is 0 Å². The normalized spacial score (nSPS) is 11.7. The van der Waals surface area contributed by atoms with Gasteiger partial charge in [-0.15, -0.1) is 11.3 Å². The first-order chi connectivity index (χ1) is 9.59. The van der Waals surface area contributed by atoms with E-state index in [0.717, 1.165) is 16.1 Å². The molecule has 0 radical (unpaired) electrons. The molecule has 0 bridgehead atoms. The van der Waals surface area contributed by atoms with Crippen molar-refractivity contribution in [2.75, 3.05) is 6.54 Å². The number of nitrogens with zero attached hydrogens (tertiary/aromatic N) is 1. The fourth-order valence-electron chi connectivity index (χ4n) is 1.81. The van der Waals surface area contributed by atoms with Crippen molar-refractivity contribution in [3.8, 4) is 0 Å². The summed E-state index contributed by atoms with van der Waals surface area (Å²) in [5.41, 5.74) is 7.22. The monoisotopic (exact) mass is 311 g/mol. The fraction of sp³-hybridized carbons (Fsp3) is 0.308. The van der Waals surface area contributed by atoms with Crippen molar-refractivity contribution in [3.63, 3.8) is 0 Å². The first kappa shape index (κ1) is 15.1. The highest BCUT2D eigenvalue weighted by molar-refractivity contribution is 7.88. The van der Waals surface area contributed by atoms with Gasteiger partial charge in [-0.1, -0.05) is 24.3 Å². The number of nitrogens with one attached hydrogen (secondary N) is 1. The molecule has 0 spiro atoms. The second kappa shape index (κ2) is 6.94. The molecule has 20 heavy (non-hydrogen) atoms. The highest BCUT2D eigenvalue weighted by Crippen LogP contribution is 2.09. The Balaban J connectivity index is 1.89. The molecule has 2 aromatic rings. The van der Waals surface area contributed by atoms with Crippen LogP contribution in [0.4, 0.5) is 0 Å². The minimum absolute atomic E-state index is 0.0291. The third kappa shape index (κ3) is 4.68. The van der Waals surface area contributed by atoms with Crippen LogP contribution in [0.3, 0.4) is 0 Å². The SMILES string of the molecule is NCc1cccc(CS(=O)(=O)NCCc2nccs2)c1. The quantitative estimate of drug-likeness (QED) is 0.806. The van der Waals surface area contributed by atoms with E-state index in [4.69, 9.17) is 5.73 Å². The molecule has 1 aromatic carbocycles. The summed E-state index contributed by atoms with van der Waals surface area (Å²) >= 11 is 1.52. The Kier molecular flexibility index (Phi) is 5.24. The molecule has 0 atom stereocenters. The predicted molar refractivity (Wildman–Crippen MR) is 80.8 cm³/mol. The van der Waals surface area contributed by atoms with Gasteiger partial charge in [0.05, 0.1) is 10.8 Å². The van der Waals surface area contributed by atoms with Crippen LogP contribution in [0.15, 0.2) is 35.8 Å². The third-order valence-corrected chi connectivity index (χ3v) is 4.92. The highest BCUT2D eigenvalue weighted by atomic mass is 32.2. The number of hydrogen-bond donors (Lipinski definition) is 2. The second-order valence-corrected chi connectivity index (χ2v) is 7.14. The summed E-state index contributed by atoms with van der Waals surface area (Å²) in [5, 5.41) is 2.81. The maximum atomic E-state index is 12.0. The van der Waals surface area contributed by atoms with Crippen molar-refractivity contribution in [2.24, 2.45) is 5.73 Å². The summed E-state index contributed by atoms with van der Waals surface area (Å²) in [4.78, 5) is 4.11. The van der Waals surface area contributed by atoms with Gasteiger partial charge in [-0.05, 0) is 11.1 Å². The molecule has 1 aromatic heterocycles. The van der Waals surface area contributed by atoms with Crippen molar-refractivity contribution < 1.29 is 8.42 Å². The number of aromatic nitrogens is 1. The van der Waals surface area contributed by atoms with Gasteiger partial charge in [-0.2, -0.15) is 0 Å². The average Bonchev–Trinajstić information content (AvgIpc) is 2.91. The molecule has 0 unspecified atom stereocenters. The van der Waals surface area contributed by atoms with Crippen molar-refractivity contribution in [1.29, 1.82) is 0 Å². The highest BCUT2D eigenvalue weighted by Gasteiger charge is 2.11. The average molecular weight is 311 g/mol. The third-order valence-electron chi connectivity index (χ3n) is 2.73. The first-order valence-electron chi connectivity index (χ1n) is 6.22. The maximum absolute atomic E-state index is 12.0. The number of nitrogens with two attached hydrogens (primary N) is 1. The molecule has 0 saturated carbocycles. The van der Waals surface area contributed by atoms with Crippen molar-refractivity contribution in [3.05, 3.63) is 52.0 Å². The molecule has 0 saturated heterocycles. The van der Waals surface area contributed by atoms with Crippen LogP contribution in [-0.4, -0.2) is 19.9 Å². The van der Waals surface area contributed by atoms with Gasteiger partial charge in [-0.3, -0.25) is 0 Å². The van der Waals surface area contributed by atoms with Crippen molar-refractivity contribution in [1.82, 2.24) is 9.71 Å². The Labute approximate surface area is 122 Å². The lowest BCUT2D eigenvalue weighted by Crippen LogP contribution is -2.27. The van der Waals surface area contributed by atoms with E-state index in [1.54, 1.807) is 12.3 Å². The van der Waals surface area contributed by atoms with Crippen molar-refractivity contribution >= 4 is 21.4 Å². The topological polar surface area (TPSA) is 85.1 Å². The Bertz CT molecular complexity index is 639. The van der Waals surface area contributed by atoms with Crippen molar-refractivity contribution in [2.45, 2.75) is 18.7 Å². The van der Waals surface area contributed by atoms with E-state index in [1.807, 2.05) is 23.6 Å². The minimum Gasteiger partial charge on any atom is -0.326 e. The van der Waals surface area contributed by atoms with Gasteiger partial charge in [0.2, 0.25) is 10.0 Å². The fourth-order valence-corrected chi connectivity index (χ4v) is 3.56. The van der Waals surface area contributed by atoms with E-state index < -0.39 is 10.0 Å². The van der Waals surface area contributed by atoms with Crippen LogP contribution in [0.2, 0.25) is 0 Å². The molecule has 0 fully saturated rings. The Morgan fingerprint density at radius 1 is 1.30 bits per heavy atom. The molecule has 1 heterocycles. The lowest BCUT2D eigenvalue weighted by molar-refractivity contribution is 0.580. The van der Waals surface area contributed by atoms with Crippen LogP contribution in [-0.2, 0) is 28.7 Å². The molecule has 108 valence electrons. The predicted octanol–water partition coefficient (Wildman–Crippen LogP) is 1.26. The van der Waals surface area contributed by atoms with E-state index in [0.29, 0.717) is 19.5 Å². The number of hydrogen-bond acceptors (Lipinski definition) is 5. The maximum Gasteiger partial charge on any atom is 0.215 e. The largest absolute Gasteiger partial charge is 0.326 e. The molecule has 7 heteroatoms.